The SMILES string of the molecule is O=C(NCc1nc(-c2ccccc2)no1)C(c1ccccc1)c1ccccc1. The molecule has 0 saturated carbocycles. The molecule has 1 aromatic heterocycles. The third kappa shape index (κ3) is 3.99. The van der Waals surface area contributed by atoms with Crippen LogP contribution in [-0.2, 0) is 11.3 Å². The van der Waals surface area contributed by atoms with Gasteiger partial charge in [-0.25, -0.2) is 0 Å². The van der Waals surface area contributed by atoms with Gasteiger partial charge in [0, 0.05) is 5.56 Å². The lowest BCUT2D eigenvalue weighted by Gasteiger charge is -2.17. The maximum atomic E-state index is 13.0. The summed E-state index contributed by atoms with van der Waals surface area (Å²) in [6, 6.07) is 29.0. The fourth-order valence-electron chi connectivity index (χ4n) is 3.08. The topological polar surface area (TPSA) is 68.0 Å². The quantitative estimate of drug-likeness (QED) is 0.553. The number of nitrogens with one attached hydrogen (secondary N) is 1. The van der Waals surface area contributed by atoms with Crippen molar-refractivity contribution in [2.45, 2.75) is 12.5 Å². The maximum Gasteiger partial charge on any atom is 0.246 e. The molecule has 4 rings (SSSR count). The first kappa shape index (κ1) is 17.7. The average molecular weight is 369 g/mol. The van der Waals surface area contributed by atoms with Gasteiger partial charge in [0.25, 0.3) is 0 Å². The molecule has 0 saturated heterocycles. The molecule has 4 aromatic rings. The lowest BCUT2D eigenvalue weighted by Crippen LogP contribution is -2.29. The van der Waals surface area contributed by atoms with Gasteiger partial charge < -0.3 is 9.84 Å². The van der Waals surface area contributed by atoms with Gasteiger partial charge in [0.2, 0.25) is 17.6 Å². The van der Waals surface area contributed by atoms with Gasteiger partial charge in [0.05, 0.1) is 12.5 Å². The van der Waals surface area contributed by atoms with Crippen molar-refractivity contribution in [1.29, 1.82) is 0 Å². The van der Waals surface area contributed by atoms with Crippen molar-refractivity contribution in [3.05, 3.63) is 108 Å². The summed E-state index contributed by atoms with van der Waals surface area (Å²) in [5, 5.41) is 6.91. The van der Waals surface area contributed by atoms with E-state index in [0.29, 0.717) is 11.7 Å². The molecular formula is C23H19N3O2. The summed E-state index contributed by atoms with van der Waals surface area (Å²) in [6.45, 7) is 0.175. The molecule has 5 heteroatoms. The largest absolute Gasteiger partial charge is 0.346 e. The molecule has 0 aliphatic carbocycles. The van der Waals surface area contributed by atoms with E-state index in [1.54, 1.807) is 0 Å². The summed E-state index contributed by atoms with van der Waals surface area (Å²) in [5.41, 5.74) is 2.73. The first-order valence-corrected chi connectivity index (χ1v) is 9.07. The fraction of sp³-hybridized carbons (Fsp3) is 0.0870. The predicted octanol–water partition coefficient (Wildman–Crippen LogP) is 4.18. The Hall–Kier alpha value is -3.73. The standard InChI is InChI=1S/C23H19N3O2/c27-23(21(17-10-4-1-5-11-17)18-12-6-2-7-13-18)24-16-20-25-22(26-28-20)19-14-8-3-9-15-19/h1-15,21H,16H2,(H,24,27). The van der Waals surface area contributed by atoms with Crippen LogP contribution in [0.4, 0.5) is 0 Å². The van der Waals surface area contributed by atoms with Crippen molar-refractivity contribution >= 4 is 5.91 Å². The number of amides is 1. The second-order valence-corrected chi connectivity index (χ2v) is 6.35. The van der Waals surface area contributed by atoms with Crippen LogP contribution in [0.2, 0.25) is 0 Å². The van der Waals surface area contributed by atoms with Crippen molar-refractivity contribution in [2.75, 3.05) is 0 Å². The Bertz CT molecular complexity index is 992. The van der Waals surface area contributed by atoms with Crippen LogP contribution in [0.25, 0.3) is 11.4 Å². The predicted molar refractivity (Wildman–Crippen MR) is 106 cm³/mol. The molecule has 0 radical (unpaired) electrons. The third-order valence-electron chi connectivity index (χ3n) is 4.44. The maximum absolute atomic E-state index is 13.0. The molecule has 5 nitrogen and oxygen atoms in total. The Morgan fingerprint density at radius 3 is 1.93 bits per heavy atom. The Morgan fingerprint density at radius 2 is 1.36 bits per heavy atom. The van der Waals surface area contributed by atoms with E-state index >= 15 is 0 Å². The third-order valence-corrected chi connectivity index (χ3v) is 4.44. The van der Waals surface area contributed by atoms with Gasteiger partial charge in [-0.15, -0.1) is 0 Å². The van der Waals surface area contributed by atoms with Crippen LogP contribution in [0.1, 0.15) is 22.9 Å². The van der Waals surface area contributed by atoms with E-state index < -0.39 is 5.92 Å². The van der Waals surface area contributed by atoms with Crippen LogP contribution in [0.3, 0.4) is 0 Å². The first-order chi connectivity index (χ1) is 13.8. The first-order valence-electron chi connectivity index (χ1n) is 9.07. The van der Waals surface area contributed by atoms with Gasteiger partial charge in [-0.1, -0.05) is 96.2 Å². The number of nitrogens with zero attached hydrogens (tertiary/aromatic N) is 2. The van der Waals surface area contributed by atoms with Crippen LogP contribution in [0, 0.1) is 0 Å². The molecule has 1 heterocycles. The van der Waals surface area contributed by atoms with Gasteiger partial charge in [-0.05, 0) is 11.1 Å². The molecule has 0 spiro atoms. The zero-order valence-electron chi connectivity index (χ0n) is 15.2. The van der Waals surface area contributed by atoms with Gasteiger partial charge in [-0.3, -0.25) is 4.79 Å². The van der Waals surface area contributed by atoms with Crippen LogP contribution >= 0.6 is 0 Å². The van der Waals surface area contributed by atoms with Gasteiger partial charge in [0.1, 0.15) is 0 Å². The molecule has 3 aromatic carbocycles. The number of carbonyl (C=O) groups is 1. The molecular weight excluding hydrogens is 350 g/mol. The summed E-state index contributed by atoms with van der Waals surface area (Å²) < 4.78 is 5.28. The summed E-state index contributed by atoms with van der Waals surface area (Å²) in [6.07, 6.45) is 0. The van der Waals surface area contributed by atoms with Crippen molar-refractivity contribution in [1.82, 2.24) is 15.5 Å². The normalized spacial score (nSPS) is 10.8. The number of carbonyl (C=O) groups excluding carboxylic acids is 1. The lowest BCUT2D eigenvalue weighted by atomic mass is 9.90. The summed E-state index contributed by atoms with van der Waals surface area (Å²) in [5.74, 6) is 0.357. The van der Waals surface area contributed by atoms with Crippen molar-refractivity contribution < 1.29 is 9.32 Å². The van der Waals surface area contributed by atoms with Gasteiger partial charge >= 0.3 is 0 Å². The molecule has 0 fully saturated rings. The van der Waals surface area contributed by atoms with E-state index in [9.17, 15) is 4.79 Å². The minimum atomic E-state index is -0.404. The minimum Gasteiger partial charge on any atom is -0.346 e. The van der Waals surface area contributed by atoms with E-state index in [2.05, 4.69) is 15.5 Å². The number of hydrogen-bond acceptors (Lipinski definition) is 4. The van der Waals surface area contributed by atoms with Crippen LogP contribution in [0.15, 0.2) is 95.5 Å². The smallest absolute Gasteiger partial charge is 0.246 e. The Labute approximate surface area is 163 Å². The van der Waals surface area contributed by atoms with Crippen LogP contribution in [-0.4, -0.2) is 16.0 Å². The van der Waals surface area contributed by atoms with E-state index in [1.165, 1.54) is 0 Å². The molecule has 138 valence electrons. The number of rotatable bonds is 6. The number of aromatic nitrogens is 2. The molecule has 0 unspecified atom stereocenters. The average Bonchev–Trinajstić information content (AvgIpc) is 3.24. The number of benzene rings is 3. The van der Waals surface area contributed by atoms with Gasteiger partial charge in [-0.2, -0.15) is 4.98 Å². The van der Waals surface area contributed by atoms with Crippen molar-refractivity contribution in [3.8, 4) is 11.4 Å². The molecule has 0 atom stereocenters. The molecule has 0 aliphatic heterocycles. The van der Waals surface area contributed by atoms with Gasteiger partial charge in [0.15, 0.2) is 0 Å². The Morgan fingerprint density at radius 1 is 0.821 bits per heavy atom. The molecule has 1 amide bonds. The number of hydrogen-bond donors (Lipinski definition) is 1. The Balaban J connectivity index is 1.50. The monoisotopic (exact) mass is 369 g/mol. The molecule has 28 heavy (non-hydrogen) atoms. The second kappa shape index (κ2) is 8.31. The van der Waals surface area contributed by atoms with E-state index in [-0.39, 0.29) is 12.5 Å². The lowest BCUT2D eigenvalue weighted by molar-refractivity contribution is -0.122. The van der Waals surface area contributed by atoms with Crippen LogP contribution < -0.4 is 5.32 Å². The fourth-order valence-corrected chi connectivity index (χ4v) is 3.08. The highest BCUT2D eigenvalue weighted by atomic mass is 16.5. The summed E-state index contributed by atoms with van der Waals surface area (Å²) in [7, 11) is 0. The Kier molecular flexibility index (Phi) is 5.24. The highest BCUT2D eigenvalue weighted by Crippen LogP contribution is 2.25. The van der Waals surface area contributed by atoms with E-state index in [1.807, 2.05) is 91.0 Å². The van der Waals surface area contributed by atoms with E-state index in [0.717, 1.165) is 16.7 Å². The second-order valence-electron chi connectivity index (χ2n) is 6.35. The zero-order chi connectivity index (χ0) is 19.2. The zero-order valence-corrected chi connectivity index (χ0v) is 15.2. The molecule has 0 aliphatic rings. The molecule has 1 N–H and O–H groups in total. The van der Waals surface area contributed by atoms with E-state index in [4.69, 9.17) is 4.52 Å². The highest BCUT2D eigenvalue weighted by Gasteiger charge is 2.23. The van der Waals surface area contributed by atoms with Crippen LogP contribution in [0.5, 0.6) is 0 Å². The van der Waals surface area contributed by atoms with Crippen molar-refractivity contribution in [2.24, 2.45) is 0 Å². The summed E-state index contributed by atoms with van der Waals surface area (Å²) in [4.78, 5) is 17.4. The summed E-state index contributed by atoms with van der Waals surface area (Å²) >= 11 is 0. The highest BCUT2D eigenvalue weighted by molar-refractivity contribution is 5.87. The van der Waals surface area contributed by atoms with Crippen molar-refractivity contribution in [3.63, 3.8) is 0 Å². The molecule has 0 bridgehead atoms. The minimum absolute atomic E-state index is 0.114.